The van der Waals surface area contributed by atoms with E-state index >= 15 is 0 Å². The Hall–Kier alpha value is -2.53. The van der Waals surface area contributed by atoms with Crippen LogP contribution in [-0.2, 0) is 16.1 Å². The van der Waals surface area contributed by atoms with Crippen LogP contribution in [0.2, 0.25) is 5.02 Å². The predicted molar refractivity (Wildman–Crippen MR) is 125 cm³/mol. The van der Waals surface area contributed by atoms with Gasteiger partial charge in [0.1, 0.15) is 11.8 Å². The third-order valence-electron chi connectivity index (χ3n) is 4.82. The summed E-state index contributed by atoms with van der Waals surface area (Å²) in [4.78, 5) is 27.4. The summed E-state index contributed by atoms with van der Waals surface area (Å²) in [6.45, 7) is 11.8. The molecule has 1 atom stereocenters. The molecular weight excluding hydrogens is 412 g/mol. The number of rotatable bonds is 8. The molecule has 0 bridgehead atoms. The van der Waals surface area contributed by atoms with Crippen molar-refractivity contribution in [3.05, 3.63) is 64.7 Å². The van der Waals surface area contributed by atoms with Crippen LogP contribution in [0, 0.1) is 0 Å². The third kappa shape index (κ3) is 7.91. The number of benzene rings is 2. The minimum atomic E-state index is -0.669. The minimum Gasteiger partial charge on any atom is -0.484 e. The zero-order chi connectivity index (χ0) is 23.2. The van der Waals surface area contributed by atoms with Crippen molar-refractivity contribution < 1.29 is 14.3 Å². The molecule has 0 aliphatic heterocycles. The zero-order valence-electron chi connectivity index (χ0n) is 19.2. The first-order valence-electron chi connectivity index (χ1n) is 10.5. The van der Waals surface area contributed by atoms with Gasteiger partial charge in [0, 0.05) is 17.1 Å². The van der Waals surface area contributed by atoms with Crippen LogP contribution in [-0.4, -0.2) is 34.9 Å². The van der Waals surface area contributed by atoms with E-state index in [-0.39, 0.29) is 25.0 Å². The van der Waals surface area contributed by atoms with Gasteiger partial charge < -0.3 is 15.0 Å². The fraction of sp³-hybridized carbons (Fsp3) is 0.440. The van der Waals surface area contributed by atoms with Gasteiger partial charge >= 0.3 is 0 Å². The van der Waals surface area contributed by atoms with Gasteiger partial charge in [-0.2, -0.15) is 0 Å². The molecule has 168 valence electrons. The third-order valence-corrected chi connectivity index (χ3v) is 5.05. The normalized spacial score (nSPS) is 12.4. The number of halogens is 1. The van der Waals surface area contributed by atoms with E-state index in [4.69, 9.17) is 16.3 Å². The molecule has 0 spiro atoms. The molecule has 0 unspecified atom stereocenters. The highest BCUT2D eigenvalue weighted by molar-refractivity contribution is 6.30. The molecule has 0 aliphatic carbocycles. The molecule has 5 nitrogen and oxygen atoms in total. The SMILES string of the molecule is CC(C)c1ccc(OCC(=O)N(Cc2cccc(Cl)c2)[C@H](C)C(=O)NC(C)(C)C)cc1. The highest BCUT2D eigenvalue weighted by Crippen LogP contribution is 2.19. The van der Waals surface area contributed by atoms with Gasteiger partial charge in [-0.1, -0.05) is 49.7 Å². The van der Waals surface area contributed by atoms with Crippen LogP contribution < -0.4 is 10.1 Å². The average Bonchev–Trinajstić information content (AvgIpc) is 2.68. The summed E-state index contributed by atoms with van der Waals surface area (Å²) in [6.07, 6.45) is 0. The Bertz CT molecular complexity index is 888. The summed E-state index contributed by atoms with van der Waals surface area (Å²) < 4.78 is 5.73. The molecule has 0 heterocycles. The minimum absolute atomic E-state index is 0.158. The molecule has 0 aromatic heterocycles. The number of hydrogen-bond acceptors (Lipinski definition) is 3. The summed E-state index contributed by atoms with van der Waals surface area (Å²) in [7, 11) is 0. The van der Waals surface area contributed by atoms with E-state index in [1.807, 2.05) is 57.2 Å². The van der Waals surface area contributed by atoms with Gasteiger partial charge in [-0.05, 0) is 69.0 Å². The van der Waals surface area contributed by atoms with Crippen LogP contribution in [0.1, 0.15) is 58.6 Å². The van der Waals surface area contributed by atoms with E-state index in [9.17, 15) is 9.59 Å². The van der Waals surface area contributed by atoms with Gasteiger partial charge in [-0.15, -0.1) is 0 Å². The smallest absolute Gasteiger partial charge is 0.261 e. The Balaban J connectivity index is 2.15. The van der Waals surface area contributed by atoms with Crippen molar-refractivity contribution in [2.75, 3.05) is 6.61 Å². The Labute approximate surface area is 190 Å². The highest BCUT2D eigenvalue weighted by Gasteiger charge is 2.28. The molecule has 2 aromatic rings. The second kappa shape index (κ2) is 10.7. The highest BCUT2D eigenvalue weighted by atomic mass is 35.5. The maximum absolute atomic E-state index is 13.1. The Morgan fingerprint density at radius 1 is 1.06 bits per heavy atom. The second-order valence-corrected chi connectivity index (χ2v) is 9.52. The quantitative estimate of drug-likeness (QED) is 0.610. The number of ether oxygens (including phenoxy) is 1. The molecule has 2 aromatic carbocycles. The molecule has 0 saturated carbocycles. The maximum atomic E-state index is 13.1. The fourth-order valence-corrected chi connectivity index (χ4v) is 3.28. The number of amides is 2. The summed E-state index contributed by atoms with van der Waals surface area (Å²) in [5.74, 6) is 0.548. The van der Waals surface area contributed by atoms with E-state index < -0.39 is 11.6 Å². The zero-order valence-corrected chi connectivity index (χ0v) is 20.0. The second-order valence-electron chi connectivity index (χ2n) is 9.08. The van der Waals surface area contributed by atoms with Crippen molar-refractivity contribution in [1.82, 2.24) is 10.2 Å². The van der Waals surface area contributed by atoms with Gasteiger partial charge in [0.05, 0.1) is 0 Å². The Morgan fingerprint density at radius 2 is 1.71 bits per heavy atom. The summed E-state index contributed by atoms with van der Waals surface area (Å²) in [6, 6.07) is 14.3. The van der Waals surface area contributed by atoms with Crippen molar-refractivity contribution in [2.24, 2.45) is 0 Å². The summed E-state index contributed by atoms with van der Waals surface area (Å²) in [5, 5.41) is 3.52. The van der Waals surface area contributed by atoms with E-state index in [0.29, 0.717) is 16.7 Å². The first-order valence-corrected chi connectivity index (χ1v) is 10.9. The van der Waals surface area contributed by atoms with E-state index in [0.717, 1.165) is 5.56 Å². The molecule has 0 radical (unpaired) electrons. The molecule has 0 saturated heterocycles. The van der Waals surface area contributed by atoms with Gasteiger partial charge in [-0.25, -0.2) is 0 Å². The Morgan fingerprint density at radius 3 is 2.26 bits per heavy atom. The summed E-state index contributed by atoms with van der Waals surface area (Å²) >= 11 is 6.11. The molecule has 31 heavy (non-hydrogen) atoms. The van der Waals surface area contributed by atoms with E-state index in [1.165, 1.54) is 10.5 Å². The lowest BCUT2D eigenvalue weighted by atomic mass is 10.0. The Kier molecular flexibility index (Phi) is 8.52. The lowest BCUT2D eigenvalue weighted by Crippen LogP contribution is -2.53. The van der Waals surface area contributed by atoms with Crippen molar-refractivity contribution in [3.63, 3.8) is 0 Å². The standard InChI is InChI=1S/C25H33ClN2O3/c1-17(2)20-10-12-22(13-11-20)31-16-23(29)28(15-19-8-7-9-21(26)14-19)18(3)24(30)27-25(4,5)6/h7-14,17-18H,15-16H2,1-6H3,(H,27,30)/t18-/m1/s1. The molecule has 1 N–H and O–H groups in total. The number of nitrogens with one attached hydrogen (secondary N) is 1. The van der Waals surface area contributed by atoms with Crippen molar-refractivity contribution >= 4 is 23.4 Å². The molecule has 0 fully saturated rings. The van der Waals surface area contributed by atoms with E-state index in [1.54, 1.807) is 19.1 Å². The van der Waals surface area contributed by atoms with Crippen LogP contribution in [0.25, 0.3) is 0 Å². The monoisotopic (exact) mass is 444 g/mol. The van der Waals surface area contributed by atoms with Crippen molar-refractivity contribution in [3.8, 4) is 5.75 Å². The van der Waals surface area contributed by atoms with Crippen molar-refractivity contribution in [1.29, 1.82) is 0 Å². The van der Waals surface area contributed by atoms with Crippen LogP contribution in [0.4, 0.5) is 0 Å². The molecule has 2 rings (SSSR count). The lowest BCUT2D eigenvalue weighted by Gasteiger charge is -2.31. The van der Waals surface area contributed by atoms with Crippen LogP contribution >= 0.6 is 11.6 Å². The van der Waals surface area contributed by atoms with Gasteiger partial charge in [0.2, 0.25) is 5.91 Å². The maximum Gasteiger partial charge on any atom is 0.261 e. The van der Waals surface area contributed by atoms with E-state index in [2.05, 4.69) is 19.2 Å². The largest absolute Gasteiger partial charge is 0.484 e. The fourth-order valence-electron chi connectivity index (χ4n) is 3.07. The van der Waals surface area contributed by atoms with Crippen molar-refractivity contribution in [2.45, 2.75) is 65.6 Å². The van der Waals surface area contributed by atoms with Crippen LogP contribution in [0.3, 0.4) is 0 Å². The average molecular weight is 445 g/mol. The van der Waals surface area contributed by atoms with Crippen LogP contribution in [0.5, 0.6) is 5.75 Å². The van der Waals surface area contributed by atoms with Crippen LogP contribution in [0.15, 0.2) is 48.5 Å². The van der Waals surface area contributed by atoms with Gasteiger partial charge in [-0.3, -0.25) is 9.59 Å². The number of nitrogens with zero attached hydrogens (tertiary/aromatic N) is 1. The lowest BCUT2D eigenvalue weighted by molar-refractivity contribution is -0.142. The molecule has 0 aliphatic rings. The molecular formula is C25H33ClN2O3. The first kappa shape index (κ1) is 24.7. The molecule has 2 amide bonds. The number of carbonyl (C=O) groups excluding carboxylic acids is 2. The first-order chi connectivity index (χ1) is 14.5. The summed E-state index contributed by atoms with van der Waals surface area (Å²) in [5.41, 5.74) is 1.65. The number of hydrogen-bond donors (Lipinski definition) is 1. The van der Waals surface area contributed by atoms with Gasteiger partial charge in [0.25, 0.3) is 5.91 Å². The number of carbonyl (C=O) groups is 2. The topological polar surface area (TPSA) is 58.6 Å². The van der Waals surface area contributed by atoms with Gasteiger partial charge in [0.15, 0.2) is 6.61 Å². The predicted octanol–water partition coefficient (Wildman–Crippen LogP) is 5.17. The molecule has 6 heteroatoms.